The van der Waals surface area contributed by atoms with Crippen molar-refractivity contribution in [2.75, 3.05) is 7.11 Å². The normalized spacial score (nSPS) is 27.6. The molecule has 0 bridgehead atoms. The van der Waals surface area contributed by atoms with Crippen LogP contribution < -0.4 is 0 Å². The molecule has 0 aromatic heterocycles. The van der Waals surface area contributed by atoms with Crippen molar-refractivity contribution >= 4 is 11.8 Å². The number of Topliss-reactive ketones (excluding diaryl/α,β-unsaturated/α-hetero) is 1. The monoisotopic (exact) mass is 392 g/mol. The molecule has 0 aromatic carbocycles. The number of ether oxygens (including phenoxy) is 1. The van der Waals surface area contributed by atoms with Crippen molar-refractivity contribution in [2.24, 2.45) is 17.8 Å². The number of methoxy groups -OCH3 is 1. The van der Waals surface area contributed by atoms with Crippen LogP contribution in [-0.4, -0.2) is 40.8 Å². The molecule has 0 aliphatic heterocycles. The molecule has 0 radical (unpaired) electrons. The summed E-state index contributed by atoms with van der Waals surface area (Å²) in [5.41, 5.74) is -0.718. The van der Waals surface area contributed by atoms with Crippen LogP contribution in [0.15, 0.2) is 24.3 Å². The second-order valence-corrected chi connectivity index (χ2v) is 8.70. The fourth-order valence-electron chi connectivity index (χ4n) is 3.91. The van der Waals surface area contributed by atoms with Crippen LogP contribution >= 0.6 is 0 Å². The van der Waals surface area contributed by atoms with Gasteiger partial charge in [-0.25, -0.2) is 0 Å². The van der Waals surface area contributed by atoms with E-state index in [1.165, 1.54) is 20.0 Å². The topological polar surface area (TPSA) is 83.8 Å². The minimum atomic E-state index is -0.718. The molecule has 0 spiro atoms. The molecule has 5 nitrogen and oxygen atoms in total. The van der Waals surface area contributed by atoms with Crippen molar-refractivity contribution in [1.82, 2.24) is 0 Å². The minimum Gasteiger partial charge on any atom is -0.469 e. The molecule has 2 aliphatic carbocycles. The van der Waals surface area contributed by atoms with Gasteiger partial charge in [-0.05, 0) is 51.4 Å². The molecule has 2 saturated carbocycles. The molecule has 158 valence electrons. The molecule has 28 heavy (non-hydrogen) atoms. The lowest BCUT2D eigenvalue weighted by molar-refractivity contribution is -0.140. The summed E-state index contributed by atoms with van der Waals surface area (Å²) in [6.07, 6.45) is 14.8. The van der Waals surface area contributed by atoms with Crippen molar-refractivity contribution in [2.45, 2.75) is 82.8 Å². The molecule has 5 heteroatoms. The second kappa shape index (κ2) is 10.9. The highest BCUT2D eigenvalue weighted by Gasteiger charge is 2.39. The Labute approximate surface area is 168 Å². The zero-order valence-corrected chi connectivity index (χ0v) is 17.3. The Balaban J connectivity index is 1.77. The summed E-state index contributed by atoms with van der Waals surface area (Å²) in [6, 6.07) is 0. The first-order valence-electron chi connectivity index (χ1n) is 10.6. The first-order chi connectivity index (χ1) is 13.3. The Hall–Kier alpha value is -1.46. The van der Waals surface area contributed by atoms with Gasteiger partial charge < -0.3 is 14.9 Å². The van der Waals surface area contributed by atoms with E-state index < -0.39 is 11.7 Å². The first-order valence-corrected chi connectivity index (χ1v) is 10.6. The number of esters is 1. The average molecular weight is 393 g/mol. The standard InChI is InChI=1S/C23H36O5/c1-23(27,15-13-17-11-12-17)14-7-9-19-18(20(24)16-21(19)25)8-5-3-4-6-10-22(26)28-2/h3-4,7,9,17-19,21,25,27H,5-6,8,10-16H2,1-2H3/b4-3-,9-7+/t18-,19-,21-,23?/m1/s1. The van der Waals surface area contributed by atoms with Gasteiger partial charge in [-0.15, -0.1) is 0 Å². The Kier molecular flexibility index (Phi) is 8.90. The molecule has 2 aliphatic rings. The summed E-state index contributed by atoms with van der Waals surface area (Å²) in [5.74, 6) is 0.348. The summed E-state index contributed by atoms with van der Waals surface area (Å²) in [4.78, 5) is 23.3. The van der Waals surface area contributed by atoms with Crippen LogP contribution in [0.25, 0.3) is 0 Å². The molecule has 0 aromatic rings. The van der Waals surface area contributed by atoms with E-state index in [0.717, 1.165) is 25.2 Å². The van der Waals surface area contributed by atoms with Crippen LogP contribution in [0.1, 0.15) is 71.1 Å². The van der Waals surface area contributed by atoms with Gasteiger partial charge in [0, 0.05) is 24.7 Å². The number of carbonyl (C=O) groups excluding carboxylic acids is 2. The van der Waals surface area contributed by atoms with Gasteiger partial charge in [-0.1, -0.05) is 37.1 Å². The van der Waals surface area contributed by atoms with E-state index in [2.05, 4.69) is 4.74 Å². The number of rotatable bonds is 12. The first kappa shape index (κ1) is 22.8. The maximum absolute atomic E-state index is 12.3. The maximum Gasteiger partial charge on any atom is 0.305 e. The Morgan fingerprint density at radius 2 is 1.93 bits per heavy atom. The van der Waals surface area contributed by atoms with E-state index in [0.29, 0.717) is 25.7 Å². The van der Waals surface area contributed by atoms with Gasteiger partial charge in [0.2, 0.25) is 0 Å². The van der Waals surface area contributed by atoms with E-state index >= 15 is 0 Å². The minimum absolute atomic E-state index is 0.116. The summed E-state index contributed by atoms with van der Waals surface area (Å²) >= 11 is 0. The van der Waals surface area contributed by atoms with Crippen molar-refractivity contribution in [3.8, 4) is 0 Å². The van der Waals surface area contributed by atoms with Crippen LogP contribution in [0.2, 0.25) is 0 Å². The SMILES string of the molecule is COC(=O)CC/C=C\CC[C@H]1C(=O)C[C@@H](O)[C@@H]1/C=C/CC(C)(O)CCC1CC1. The van der Waals surface area contributed by atoms with Gasteiger partial charge in [0.15, 0.2) is 0 Å². The zero-order chi connectivity index (χ0) is 20.6. The van der Waals surface area contributed by atoms with E-state index in [-0.39, 0.29) is 30.0 Å². The van der Waals surface area contributed by atoms with E-state index in [4.69, 9.17) is 0 Å². The number of carbonyl (C=O) groups is 2. The molecule has 2 rings (SSSR count). The second-order valence-electron chi connectivity index (χ2n) is 8.70. The van der Waals surface area contributed by atoms with Crippen molar-refractivity contribution in [3.63, 3.8) is 0 Å². The highest BCUT2D eigenvalue weighted by Crippen LogP contribution is 2.37. The lowest BCUT2D eigenvalue weighted by atomic mass is 9.88. The Morgan fingerprint density at radius 3 is 2.61 bits per heavy atom. The Morgan fingerprint density at radius 1 is 1.21 bits per heavy atom. The van der Waals surface area contributed by atoms with Gasteiger partial charge in [0.25, 0.3) is 0 Å². The summed E-state index contributed by atoms with van der Waals surface area (Å²) in [6.45, 7) is 1.87. The number of ketones is 1. The van der Waals surface area contributed by atoms with Crippen LogP contribution in [0, 0.1) is 17.8 Å². The van der Waals surface area contributed by atoms with Gasteiger partial charge in [0.05, 0.1) is 18.8 Å². The fraction of sp³-hybridized carbons (Fsp3) is 0.739. The molecule has 2 fully saturated rings. The predicted molar refractivity (Wildman–Crippen MR) is 109 cm³/mol. The van der Waals surface area contributed by atoms with E-state index in [1.807, 2.05) is 31.2 Å². The molecular formula is C23H36O5. The van der Waals surface area contributed by atoms with Crippen LogP contribution in [0.3, 0.4) is 0 Å². The third-order valence-electron chi connectivity index (χ3n) is 5.99. The molecule has 0 amide bonds. The van der Waals surface area contributed by atoms with Gasteiger partial charge in [-0.2, -0.15) is 0 Å². The number of aliphatic hydroxyl groups excluding tert-OH is 1. The number of hydrogen-bond donors (Lipinski definition) is 2. The Bertz CT molecular complexity index is 574. The quantitative estimate of drug-likeness (QED) is 0.390. The van der Waals surface area contributed by atoms with Crippen molar-refractivity contribution in [1.29, 1.82) is 0 Å². The van der Waals surface area contributed by atoms with Gasteiger partial charge in [-0.3, -0.25) is 9.59 Å². The predicted octanol–water partition coefficient (Wildman–Crippen LogP) is 3.73. The van der Waals surface area contributed by atoms with Crippen LogP contribution in [0.5, 0.6) is 0 Å². The average Bonchev–Trinajstić information content (AvgIpc) is 3.43. The van der Waals surface area contributed by atoms with Gasteiger partial charge >= 0.3 is 5.97 Å². The largest absolute Gasteiger partial charge is 0.469 e. The molecule has 4 atom stereocenters. The smallest absolute Gasteiger partial charge is 0.305 e. The summed E-state index contributed by atoms with van der Waals surface area (Å²) < 4.78 is 4.60. The highest BCUT2D eigenvalue weighted by molar-refractivity contribution is 5.84. The van der Waals surface area contributed by atoms with Crippen LogP contribution in [-0.2, 0) is 14.3 Å². The summed E-state index contributed by atoms with van der Waals surface area (Å²) in [5, 5.41) is 20.8. The number of aliphatic hydroxyl groups is 2. The zero-order valence-electron chi connectivity index (χ0n) is 17.3. The van der Waals surface area contributed by atoms with Crippen LogP contribution in [0.4, 0.5) is 0 Å². The van der Waals surface area contributed by atoms with Crippen molar-refractivity contribution in [3.05, 3.63) is 24.3 Å². The lowest BCUT2D eigenvalue weighted by Gasteiger charge is -2.22. The lowest BCUT2D eigenvalue weighted by Crippen LogP contribution is -2.23. The molecule has 0 heterocycles. The number of allylic oxidation sites excluding steroid dienone is 2. The molecule has 1 unspecified atom stereocenters. The molecule has 0 saturated heterocycles. The summed E-state index contributed by atoms with van der Waals surface area (Å²) in [7, 11) is 1.38. The number of hydrogen-bond acceptors (Lipinski definition) is 5. The van der Waals surface area contributed by atoms with Gasteiger partial charge in [0.1, 0.15) is 5.78 Å². The highest BCUT2D eigenvalue weighted by atomic mass is 16.5. The van der Waals surface area contributed by atoms with E-state index in [9.17, 15) is 19.8 Å². The molecular weight excluding hydrogens is 356 g/mol. The third-order valence-corrected chi connectivity index (χ3v) is 5.99. The maximum atomic E-state index is 12.3. The third kappa shape index (κ3) is 7.88. The van der Waals surface area contributed by atoms with E-state index in [1.54, 1.807) is 0 Å². The van der Waals surface area contributed by atoms with Crippen molar-refractivity contribution < 1.29 is 24.5 Å². The molecule has 2 N–H and O–H groups in total. The fourth-order valence-corrected chi connectivity index (χ4v) is 3.91.